The number of carbonyl (C=O) groups excluding carboxylic acids is 1. The average Bonchev–Trinajstić information content (AvgIpc) is 2.56. The van der Waals surface area contributed by atoms with Crippen LogP contribution >= 0.6 is 0 Å². The van der Waals surface area contributed by atoms with Gasteiger partial charge in [0.1, 0.15) is 11.5 Å². The highest BCUT2D eigenvalue weighted by Crippen LogP contribution is 2.11. The molecule has 0 radical (unpaired) electrons. The highest BCUT2D eigenvalue weighted by atomic mass is 16.5. The van der Waals surface area contributed by atoms with E-state index in [1.165, 1.54) is 5.56 Å². The summed E-state index contributed by atoms with van der Waals surface area (Å²) in [6, 6.07) is 17.3. The summed E-state index contributed by atoms with van der Waals surface area (Å²) in [6.45, 7) is 1.01. The molecule has 0 fully saturated rings. The molecule has 0 atom stereocenters. The number of benzene rings is 2. The molecule has 0 aliphatic heterocycles. The van der Waals surface area contributed by atoms with Gasteiger partial charge in [0.25, 0.3) is 0 Å². The smallest absolute Gasteiger partial charge is 0.223 e. The minimum absolute atomic E-state index is 0.00411. The Morgan fingerprint density at radius 2 is 1.73 bits per heavy atom. The van der Waals surface area contributed by atoms with E-state index in [2.05, 4.69) is 5.32 Å². The van der Waals surface area contributed by atoms with Crippen LogP contribution < -0.4 is 14.8 Å². The van der Waals surface area contributed by atoms with Gasteiger partial charge in [-0.05, 0) is 36.2 Å². The van der Waals surface area contributed by atoms with E-state index in [4.69, 9.17) is 9.47 Å². The summed E-state index contributed by atoms with van der Waals surface area (Å²) in [4.78, 5) is 11.7. The Morgan fingerprint density at radius 1 is 1.00 bits per heavy atom. The predicted molar refractivity (Wildman–Crippen MR) is 86.3 cm³/mol. The van der Waals surface area contributed by atoms with E-state index in [0.29, 0.717) is 19.6 Å². The van der Waals surface area contributed by atoms with Crippen LogP contribution in [0.2, 0.25) is 0 Å². The van der Waals surface area contributed by atoms with Gasteiger partial charge in [-0.15, -0.1) is 0 Å². The third kappa shape index (κ3) is 5.48. The van der Waals surface area contributed by atoms with Gasteiger partial charge < -0.3 is 14.8 Å². The first kappa shape index (κ1) is 15.9. The zero-order chi connectivity index (χ0) is 15.6. The highest BCUT2D eigenvalue weighted by molar-refractivity contribution is 5.75. The fourth-order valence-electron chi connectivity index (χ4n) is 2.01. The van der Waals surface area contributed by atoms with Gasteiger partial charge in [-0.2, -0.15) is 0 Å². The maximum atomic E-state index is 11.7. The molecule has 1 N–H and O–H groups in total. The van der Waals surface area contributed by atoms with Crippen LogP contribution in [0, 0.1) is 0 Å². The van der Waals surface area contributed by atoms with Crippen LogP contribution in [0.4, 0.5) is 0 Å². The quantitative estimate of drug-likeness (QED) is 0.815. The van der Waals surface area contributed by atoms with Crippen LogP contribution in [0.3, 0.4) is 0 Å². The van der Waals surface area contributed by atoms with E-state index >= 15 is 0 Å². The molecule has 0 unspecified atom stereocenters. The van der Waals surface area contributed by atoms with Crippen molar-refractivity contribution in [1.82, 2.24) is 5.32 Å². The van der Waals surface area contributed by atoms with Crippen LogP contribution in [0.15, 0.2) is 54.6 Å². The summed E-state index contributed by atoms with van der Waals surface area (Å²) in [5.74, 6) is 1.63. The number of rotatable bonds is 8. The minimum Gasteiger partial charge on any atom is -0.497 e. The fourth-order valence-corrected chi connectivity index (χ4v) is 2.01. The topological polar surface area (TPSA) is 47.6 Å². The Hall–Kier alpha value is -2.49. The molecule has 0 spiro atoms. The van der Waals surface area contributed by atoms with E-state index < -0.39 is 0 Å². The molecule has 2 aromatic rings. The van der Waals surface area contributed by atoms with Crippen molar-refractivity contribution in [2.45, 2.75) is 12.8 Å². The monoisotopic (exact) mass is 299 g/mol. The summed E-state index contributed by atoms with van der Waals surface area (Å²) in [7, 11) is 1.65. The second-order valence-electron chi connectivity index (χ2n) is 4.86. The number of para-hydroxylation sites is 1. The normalized spacial score (nSPS) is 10.0. The van der Waals surface area contributed by atoms with Crippen LogP contribution in [0.25, 0.3) is 0 Å². The van der Waals surface area contributed by atoms with E-state index in [0.717, 1.165) is 17.9 Å². The summed E-state index contributed by atoms with van der Waals surface area (Å²) >= 11 is 0. The summed E-state index contributed by atoms with van der Waals surface area (Å²) < 4.78 is 10.6. The molecule has 2 aromatic carbocycles. The van der Waals surface area contributed by atoms with Crippen molar-refractivity contribution in [1.29, 1.82) is 0 Å². The SMILES string of the molecule is COc1ccc(CCNC(=O)CCOc2ccccc2)cc1. The lowest BCUT2D eigenvalue weighted by molar-refractivity contribution is -0.121. The molecule has 0 bridgehead atoms. The third-order valence-electron chi connectivity index (χ3n) is 3.24. The molecule has 4 nitrogen and oxygen atoms in total. The molecule has 2 rings (SSSR count). The molecule has 0 aromatic heterocycles. The summed E-state index contributed by atoms with van der Waals surface area (Å²) in [5.41, 5.74) is 1.17. The van der Waals surface area contributed by atoms with Crippen molar-refractivity contribution in [2.75, 3.05) is 20.3 Å². The molecule has 1 amide bonds. The number of nitrogens with one attached hydrogen (secondary N) is 1. The van der Waals surface area contributed by atoms with Crippen LogP contribution in [0.1, 0.15) is 12.0 Å². The number of amides is 1. The lowest BCUT2D eigenvalue weighted by atomic mass is 10.1. The Morgan fingerprint density at radius 3 is 2.41 bits per heavy atom. The average molecular weight is 299 g/mol. The van der Waals surface area contributed by atoms with Crippen molar-refractivity contribution in [3.63, 3.8) is 0 Å². The zero-order valence-electron chi connectivity index (χ0n) is 12.7. The Kier molecular flexibility index (Phi) is 6.30. The number of hydrogen-bond donors (Lipinski definition) is 1. The molecule has 0 aliphatic rings. The molecule has 0 saturated heterocycles. The van der Waals surface area contributed by atoms with E-state index in [1.54, 1.807) is 7.11 Å². The van der Waals surface area contributed by atoms with Gasteiger partial charge >= 0.3 is 0 Å². The van der Waals surface area contributed by atoms with Crippen LogP contribution in [-0.2, 0) is 11.2 Å². The van der Waals surface area contributed by atoms with Crippen molar-refractivity contribution < 1.29 is 14.3 Å². The Labute approximate surface area is 131 Å². The van der Waals surface area contributed by atoms with Gasteiger partial charge in [-0.1, -0.05) is 30.3 Å². The van der Waals surface area contributed by atoms with Gasteiger partial charge in [-0.25, -0.2) is 0 Å². The van der Waals surface area contributed by atoms with Crippen LogP contribution in [-0.4, -0.2) is 26.2 Å². The third-order valence-corrected chi connectivity index (χ3v) is 3.24. The summed E-state index contributed by atoms with van der Waals surface area (Å²) in [5, 5.41) is 2.90. The molecule has 0 aliphatic carbocycles. The van der Waals surface area contributed by atoms with Crippen molar-refractivity contribution in [3.8, 4) is 11.5 Å². The van der Waals surface area contributed by atoms with Gasteiger partial charge in [0.15, 0.2) is 0 Å². The lowest BCUT2D eigenvalue weighted by Gasteiger charge is -2.07. The molecular formula is C18H21NO3. The summed E-state index contributed by atoms with van der Waals surface area (Å²) in [6.07, 6.45) is 1.16. The maximum absolute atomic E-state index is 11.7. The standard InChI is InChI=1S/C18H21NO3/c1-21-16-9-7-15(8-10-16)11-13-19-18(20)12-14-22-17-5-3-2-4-6-17/h2-10H,11-14H2,1H3,(H,19,20). The first-order valence-electron chi connectivity index (χ1n) is 7.35. The van der Waals surface area contributed by atoms with Crippen molar-refractivity contribution in [3.05, 3.63) is 60.2 Å². The zero-order valence-corrected chi connectivity index (χ0v) is 12.7. The van der Waals surface area contributed by atoms with E-state index in [1.807, 2.05) is 54.6 Å². The molecule has 22 heavy (non-hydrogen) atoms. The minimum atomic E-state index is 0.00411. The first-order chi connectivity index (χ1) is 10.8. The highest BCUT2D eigenvalue weighted by Gasteiger charge is 2.02. The Balaban J connectivity index is 1.61. The van der Waals surface area contributed by atoms with Crippen molar-refractivity contribution >= 4 is 5.91 Å². The molecule has 0 heterocycles. The van der Waals surface area contributed by atoms with E-state index in [-0.39, 0.29) is 5.91 Å². The van der Waals surface area contributed by atoms with Crippen LogP contribution in [0.5, 0.6) is 11.5 Å². The molecule has 4 heteroatoms. The number of methoxy groups -OCH3 is 1. The number of carbonyl (C=O) groups is 1. The molecule has 116 valence electrons. The second kappa shape index (κ2) is 8.72. The predicted octanol–water partition coefficient (Wildman–Crippen LogP) is 2.82. The maximum Gasteiger partial charge on any atom is 0.223 e. The van der Waals surface area contributed by atoms with Gasteiger partial charge in [0.2, 0.25) is 5.91 Å². The fraction of sp³-hybridized carbons (Fsp3) is 0.278. The first-order valence-corrected chi connectivity index (χ1v) is 7.35. The number of hydrogen-bond acceptors (Lipinski definition) is 3. The van der Waals surface area contributed by atoms with Gasteiger partial charge in [-0.3, -0.25) is 4.79 Å². The lowest BCUT2D eigenvalue weighted by Crippen LogP contribution is -2.27. The van der Waals surface area contributed by atoms with Gasteiger partial charge in [0.05, 0.1) is 20.1 Å². The number of ether oxygens (including phenoxy) is 2. The van der Waals surface area contributed by atoms with E-state index in [9.17, 15) is 4.79 Å². The van der Waals surface area contributed by atoms with Crippen molar-refractivity contribution in [2.24, 2.45) is 0 Å². The molecular weight excluding hydrogens is 278 g/mol. The van der Waals surface area contributed by atoms with Gasteiger partial charge in [0, 0.05) is 6.54 Å². The second-order valence-corrected chi connectivity index (χ2v) is 4.86. The largest absolute Gasteiger partial charge is 0.497 e. The molecule has 0 saturated carbocycles. The Bertz CT molecular complexity index is 567.